The van der Waals surface area contributed by atoms with Gasteiger partial charge in [-0.3, -0.25) is 0 Å². The maximum Gasteiger partial charge on any atom is 0.103 e. The molecular formula is C22H45NO. The second-order valence-corrected chi connectivity index (χ2v) is 7.63. The van der Waals surface area contributed by atoms with Crippen molar-refractivity contribution in [3.8, 4) is 0 Å². The molecule has 0 rings (SSSR count). The average Bonchev–Trinajstić information content (AvgIpc) is 2.53. The summed E-state index contributed by atoms with van der Waals surface area (Å²) in [5, 5.41) is 0. The lowest BCUT2D eigenvalue weighted by molar-refractivity contribution is 0.0851. The maximum atomic E-state index is 6.11. The van der Waals surface area contributed by atoms with Crippen LogP contribution in [0.5, 0.6) is 0 Å². The molecule has 1 atom stereocenters. The first kappa shape index (κ1) is 23.5. The minimum Gasteiger partial charge on any atom is -0.494 e. The quantitative estimate of drug-likeness (QED) is 0.198. The summed E-state index contributed by atoms with van der Waals surface area (Å²) < 4.78 is 6.11. The fourth-order valence-electron chi connectivity index (χ4n) is 3.18. The highest BCUT2D eigenvalue weighted by Gasteiger charge is 2.11. The first-order valence-corrected chi connectivity index (χ1v) is 10.6. The minimum absolute atomic E-state index is 0.381. The van der Waals surface area contributed by atoms with E-state index in [0.717, 1.165) is 12.3 Å². The molecule has 0 aromatic rings. The van der Waals surface area contributed by atoms with Gasteiger partial charge < -0.3 is 9.64 Å². The largest absolute Gasteiger partial charge is 0.494 e. The lowest BCUT2D eigenvalue weighted by atomic mass is 10.0. The molecule has 0 amide bonds. The molecule has 2 heteroatoms. The summed E-state index contributed by atoms with van der Waals surface area (Å²) in [5.41, 5.74) is 0. The van der Waals surface area contributed by atoms with Crippen LogP contribution in [0.25, 0.3) is 0 Å². The average molecular weight is 340 g/mol. The zero-order valence-electron chi connectivity index (χ0n) is 17.2. The Hall–Kier alpha value is -0.500. The number of rotatable bonds is 18. The monoisotopic (exact) mass is 339 g/mol. The van der Waals surface area contributed by atoms with Crippen LogP contribution in [0, 0.1) is 0 Å². The van der Waals surface area contributed by atoms with Gasteiger partial charge in [-0.15, -0.1) is 0 Å². The lowest BCUT2D eigenvalue weighted by Gasteiger charge is -2.22. The van der Waals surface area contributed by atoms with Crippen LogP contribution in [0.4, 0.5) is 0 Å². The van der Waals surface area contributed by atoms with E-state index in [-0.39, 0.29) is 0 Å². The van der Waals surface area contributed by atoms with Crippen molar-refractivity contribution in [2.24, 2.45) is 0 Å². The van der Waals surface area contributed by atoms with Crippen LogP contribution in [-0.2, 0) is 4.74 Å². The first-order valence-electron chi connectivity index (χ1n) is 10.6. The molecule has 2 nitrogen and oxygen atoms in total. The predicted molar refractivity (Wildman–Crippen MR) is 109 cm³/mol. The lowest BCUT2D eigenvalue weighted by Crippen LogP contribution is -2.20. The van der Waals surface area contributed by atoms with Crippen molar-refractivity contribution in [2.75, 3.05) is 20.6 Å². The minimum atomic E-state index is 0.381. The Morgan fingerprint density at radius 2 is 1.21 bits per heavy atom. The summed E-state index contributed by atoms with van der Waals surface area (Å²) in [7, 11) is 4.13. The Morgan fingerprint density at radius 1 is 0.750 bits per heavy atom. The molecule has 0 aliphatic heterocycles. The molecule has 0 spiro atoms. The van der Waals surface area contributed by atoms with E-state index < -0.39 is 0 Å². The Balaban J connectivity index is 3.69. The van der Waals surface area contributed by atoms with Gasteiger partial charge in [0, 0.05) is 0 Å². The molecule has 0 saturated heterocycles. The van der Waals surface area contributed by atoms with E-state index in [2.05, 4.69) is 39.4 Å². The molecule has 0 heterocycles. The highest BCUT2D eigenvalue weighted by Crippen LogP contribution is 2.18. The molecule has 0 fully saturated rings. The van der Waals surface area contributed by atoms with Gasteiger partial charge in [0.05, 0.1) is 12.6 Å². The van der Waals surface area contributed by atoms with E-state index in [0.29, 0.717) is 6.10 Å². The zero-order valence-corrected chi connectivity index (χ0v) is 17.2. The second-order valence-electron chi connectivity index (χ2n) is 7.63. The van der Waals surface area contributed by atoms with Crippen LogP contribution in [0.1, 0.15) is 104 Å². The molecule has 0 aromatic carbocycles. The van der Waals surface area contributed by atoms with Crippen molar-refractivity contribution in [2.45, 2.75) is 110 Å². The third-order valence-electron chi connectivity index (χ3n) is 4.59. The summed E-state index contributed by atoms with van der Waals surface area (Å²) in [6.45, 7) is 9.45. The van der Waals surface area contributed by atoms with E-state index >= 15 is 0 Å². The zero-order chi connectivity index (χ0) is 18.0. The van der Waals surface area contributed by atoms with Crippen LogP contribution in [-0.4, -0.2) is 31.6 Å². The Kier molecular flexibility index (Phi) is 17.0. The van der Waals surface area contributed by atoms with Gasteiger partial charge in [0.2, 0.25) is 0 Å². The fourth-order valence-corrected chi connectivity index (χ4v) is 3.18. The van der Waals surface area contributed by atoms with E-state index in [9.17, 15) is 0 Å². The number of hydrogen-bond acceptors (Lipinski definition) is 2. The van der Waals surface area contributed by atoms with Gasteiger partial charge in [0.1, 0.15) is 5.76 Å². The van der Waals surface area contributed by atoms with E-state index in [1.165, 1.54) is 89.9 Å². The summed E-state index contributed by atoms with van der Waals surface area (Å²) >= 11 is 0. The van der Waals surface area contributed by atoms with Crippen molar-refractivity contribution in [3.05, 3.63) is 12.3 Å². The van der Waals surface area contributed by atoms with Gasteiger partial charge in [-0.25, -0.2) is 0 Å². The van der Waals surface area contributed by atoms with Crippen molar-refractivity contribution in [3.63, 3.8) is 0 Å². The van der Waals surface area contributed by atoms with Crippen LogP contribution in [0.2, 0.25) is 0 Å². The number of hydrogen-bond donors (Lipinski definition) is 0. The van der Waals surface area contributed by atoms with E-state index in [1.54, 1.807) is 0 Å². The highest BCUT2D eigenvalue weighted by atomic mass is 16.5. The third-order valence-corrected chi connectivity index (χ3v) is 4.59. The molecule has 0 radical (unpaired) electrons. The first-order chi connectivity index (χ1) is 11.6. The number of likely N-dealkylation sites (N-methyl/N-ethyl adjacent to an activating group) is 1. The molecule has 144 valence electrons. The van der Waals surface area contributed by atoms with Crippen LogP contribution < -0.4 is 0 Å². The van der Waals surface area contributed by atoms with Crippen LogP contribution >= 0.6 is 0 Å². The Bertz CT molecular complexity index is 275. The van der Waals surface area contributed by atoms with Gasteiger partial charge in [0.25, 0.3) is 0 Å². The molecule has 0 aliphatic rings. The smallest absolute Gasteiger partial charge is 0.103 e. The maximum absolute atomic E-state index is 6.11. The number of ether oxygens (including phenoxy) is 1. The van der Waals surface area contributed by atoms with Crippen LogP contribution in [0.3, 0.4) is 0 Å². The van der Waals surface area contributed by atoms with Crippen molar-refractivity contribution in [1.29, 1.82) is 0 Å². The molecule has 1 unspecified atom stereocenters. The second kappa shape index (κ2) is 17.3. The summed E-state index contributed by atoms with van der Waals surface area (Å²) in [4.78, 5) is 2.12. The molecular weight excluding hydrogens is 294 g/mol. The number of nitrogens with zero attached hydrogens (tertiary/aromatic N) is 1. The topological polar surface area (TPSA) is 12.5 Å². The summed E-state index contributed by atoms with van der Waals surface area (Å²) in [5.74, 6) is 0.924. The van der Waals surface area contributed by atoms with Gasteiger partial charge in [-0.2, -0.15) is 0 Å². The molecule has 0 N–H and O–H groups in total. The van der Waals surface area contributed by atoms with Gasteiger partial charge in [-0.05, 0) is 33.4 Å². The fraction of sp³-hybridized carbons (Fsp3) is 0.909. The Labute approximate surface area is 153 Å². The van der Waals surface area contributed by atoms with E-state index in [4.69, 9.17) is 4.74 Å². The van der Waals surface area contributed by atoms with Gasteiger partial charge in [0.15, 0.2) is 0 Å². The SMILES string of the molecule is C=C(CN(C)C)OC(CCCC)CCCCCCCCCCCC. The van der Waals surface area contributed by atoms with Crippen molar-refractivity contribution < 1.29 is 4.74 Å². The Morgan fingerprint density at radius 3 is 1.71 bits per heavy atom. The molecule has 0 saturated carbocycles. The van der Waals surface area contributed by atoms with E-state index in [1.807, 2.05) is 0 Å². The summed E-state index contributed by atoms with van der Waals surface area (Å²) in [6, 6.07) is 0. The molecule has 0 aliphatic carbocycles. The molecule has 24 heavy (non-hydrogen) atoms. The van der Waals surface area contributed by atoms with Crippen LogP contribution in [0.15, 0.2) is 12.3 Å². The highest BCUT2D eigenvalue weighted by molar-refractivity contribution is 4.86. The normalized spacial score (nSPS) is 12.5. The van der Waals surface area contributed by atoms with Crippen molar-refractivity contribution in [1.82, 2.24) is 4.90 Å². The third kappa shape index (κ3) is 16.4. The van der Waals surface area contributed by atoms with Gasteiger partial charge in [-0.1, -0.05) is 91.1 Å². The number of unbranched alkanes of at least 4 members (excludes halogenated alkanes) is 10. The standard InChI is InChI=1S/C22H45NO/c1-6-8-10-11-12-13-14-15-16-17-19-22(18-9-7-2)24-21(3)20-23(4)5/h22H,3,6-20H2,1-2,4-5H3. The predicted octanol–water partition coefficient (Wildman–Crippen LogP) is 6.95. The molecule has 0 bridgehead atoms. The van der Waals surface area contributed by atoms with Gasteiger partial charge >= 0.3 is 0 Å². The van der Waals surface area contributed by atoms with Crippen molar-refractivity contribution >= 4 is 0 Å². The summed E-state index contributed by atoms with van der Waals surface area (Å²) in [6.07, 6.45) is 19.3. The molecule has 0 aromatic heterocycles.